The van der Waals surface area contributed by atoms with Gasteiger partial charge >= 0.3 is 53.7 Å². The molecule has 0 unspecified atom stereocenters. The molecule has 0 aromatic heterocycles. The van der Waals surface area contributed by atoms with E-state index in [2.05, 4.69) is 0 Å². The quantitative estimate of drug-likeness (QED) is 0.0538. The summed E-state index contributed by atoms with van der Waals surface area (Å²) >= 11 is 0. The molecule has 31 heteroatoms. The molecule has 0 fully saturated rings. The Hall–Kier alpha value is -3.36. The van der Waals surface area contributed by atoms with Gasteiger partial charge in [-0.2, -0.15) is 0 Å². The van der Waals surface area contributed by atoms with Gasteiger partial charge in [0, 0.05) is 118 Å². The summed E-state index contributed by atoms with van der Waals surface area (Å²) in [5, 5.41) is 140. The fourth-order valence-electron chi connectivity index (χ4n) is 2.83. The van der Waals surface area contributed by atoms with Crippen LogP contribution in [0.5, 0.6) is 0 Å². The van der Waals surface area contributed by atoms with Gasteiger partial charge in [-0.25, -0.2) is 14.4 Å². The van der Waals surface area contributed by atoms with Crippen molar-refractivity contribution in [3.05, 3.63) is 0 Å². The zero-order valence-corrected chi connectivity index (χ0v) is 39.6. The molecule has 0 aliphatic rings. The molecule has 28 nitrogen and oxygen atoms in total. The Morgan fingerprint density at radius 2 is 0.455 bits per heavy atom. The molecule has 0 amide bonds. The van der Waals surface area contributed by atoms with Gasteiger partial charge in [-0.1, -0.05) is 0 Å². The largest absolute Gasteiger partial charge is 0.550 e. The van der Waals surface area contributed by atoms with Gasteiger partial charge in [0.1, 0.15) is 5.60 Å². The first kappa shape index (κ1) is 66.5. The standard InChI is InChI=1S/4C6H8O7.3U/c4*7-3(8)1-6(13,5(11)12)2-4(9)10;;;/h4*13H,1-2H2,(H,7,8)(H,9,10)(H,11,12);;;/p-3. The maximum atomic E-state index is 10.3. The molecule has 0 rings (SSSR count). The number of hydrogen-bond donors (Lipinski definition) is 13. The fraction of sp³-hybridized carbons (Fsp3) is 0.500. The molecule has 0 aromatic carbocycles. The van der Waals surface area contributed by atoms with Crippen LogP contribution in [0.3, 0.4) is 0 Å². The van der Waals surface area contributed by atoms with Gasteiger partial charge in [-0.05, 0) is 0 Å². The smallest absolute Gasteiger partial charge is 0.336 e. The van der Waals surface area contributed by atoms with Crippen LogP contribution < -0.4 is 15.3 Å². The maximum absolute atomic E-state index is 10.3. The molecule has 0 bridgehead atoms. The minimum atomic E-state index is -2.97. The van der Waals surface area contributed by atoms with Gasteiger partial charge in [-0.15, -0.1) is 0 Å². The number of carboxylic acids is 12. The Kier molecular flexibility index (Phi) is 36.1. The molecule has 55 heavy (non-hydrogen) atoms. The van der Waals surface area contributed by atoms with Gasteiger partial charge in [0.15, 0.2) is 16.8 Å². The molecule has 0 radical (unpaired) electrons. The van der Waals surface area contributed by atoms with E-state index in [1.165, 1.54) is 0 Å². The van der Waals surface area contributed by atoms with E-state index in [1.54, 1.807) is 0 Å². The van der Waals surface area contributed by atoms with Crippen LogP contribution in [0.15, 0.2) is 0 Å². The molecule has 308 valence electrons. The van der Waals surface area contributed by atoms with E-state index in [0.717, 1.165) is 0 Å². The average molecular weight is 1480 g/mol. The van der Waals surface area contributed by atoms with Gasteiger partial charge < -0.3 is 96.1 Å². The molecular formula is C24H29O28U3-3. The van der Waals surface area contributed by atoms with Gasteiger partial charge in [0.05, 0.1) is 44.5 Å². The Labute approximate surface area is 374 Å². The van der Waals surface area contributed by atoms with Crippen molar-refractivity contribution in [3.8, 4) is 0 Å². The SMILES string of the molecule is O=C(O)CC(O)(CC(=O)O)C(=O)O.O=C(O)CC(O)(CC(=O)O)C(=O)O.O=C(O)CC(O)(CC(=O)O)C(=O)O.O=C([O-])CC(O)(CC(=O)[O-])C(=O)[O-].[U].[U].[U]. The fourth-order valence-corrected chi connectivity index (χ4v) is 2.83. The summed E-state index contributed by atoms with van der Waals surface area (Å²) in [6, 6.07) is 0. The number of aliphatic hydroxyl groups is 4. The summed E-state index contributed by atoms with van der Waals surface area (Å²) in [4.78, 5) is 121. The van der Waals surface area contributed by atoms with Crippen molar-refractivity contribution in [2.75, 3.05) is 0 Å². The number of rotatable bonds is 20. The number of carbonyl (C=O) groups excluding carboxylic acids is 3. The van der Waals surface area contributed by atoms with Crippen molar-refractivity contribution in [2.24, 2.45) is 0 Å². The molecule has 0 saturated carbocycles. The predicted octanol–water partition coefficient (Wildman–Crippen LogP) is -9.00. The first-order valence-electron chi connectivity index (χ1n) is 12.6. The van der Waals surface area contributed by atoms with Crippen LogP contribution in [0, 0.1) is 93.3 Å². The second-order valence-electron chi connectivity index (χ2n) is 9.85. The minimum Gasteiger partial charge on any atom is -0.550 e. The molecule has 0 spiro atoms. The average Bonchev–Trinajstić information content (AvgIpc) is 2.85. The van der Waals surface area contributed by atoms with Crippen LogP contribution in [-0.4, -0.2) is 160 Å². The van der Waals surface area contributed by atoms with Crippen LogP contribution in [-0.2, 0) is 57.5 Å². The molecule has 0 heterocycles. The van der Waals surface area contributed by atoms with E-state index in [0.29, 0.717) is 0 Å². The predicted molar refractivity (Wildman–Crippen MR) is 140 cm³/mol. The number of carboxylic acid groups (broad SMARTS) is 12. The summed E-state index contributed by atoms with van der Waals surface area (Å²) in [6.45, 7) is 0. The number of aliphatic carboxylic acids is 12. The van der Waals surface area contributed by atoms with Gasteiger partial charge in [0.25, 0.3) is 0 Å². The van der Waals surface area contributed by atoms with Crippen LogP contribution in [0.4, 0.5) is 0 Å². The Bertz CT molecular complexity index is 1130. The normalized spacial score (nSPS) is 10.3. The second-order valence-corrected chi connectivity index (χ2v) is 9.85. The first-order valence-corrected chi connectivity index (χ1v) is 12.6. The number of carbonyl (C=O) groups is 12. The van der Waals surface area contributed by atoms with Crippen LogP contribution in [0.2, 0.25) is 0 Å². The third-order valence-corrected chi connectivity index (χ3v) is 5.11. The van der Waals surface area contributed by atoms with Gasteiger partial charge in [0.2, 0.25) is 0 Å². The molecular weight excluding hydrogens is 1450 g/mol. The van der Waals surface area contributed by atoms with Crippen LogP contribution >= 0.6 is 0 Å². The minimum absolute atomic E-state index is 0. The van der Waals surface area contributed by atoms with Gasteiger partial charge in [-0.3, -0.25) is 28.8 Å². The van der Waals surface area contributed by atoms with E-state index in [9.17, 15) is 72.9 Å². The molecule has 0 saturated heterocycles. The molecule has 0 aliphatic carbocycles. The zero-order valence-electron chi connectivity index (χ0n) is 27.1. The van der Waals surface area contributed by atoms with Crippen LogP contribution in [0.1, 0.15) is 51.4 Å². The van der Waals surface area contributed by atoms with Crippen molar-refractivity contribution in [1.82, 2.24) is 0 Å². The van der Waals surface area contributed by atoms with Crippen molar-refractivity contribution in [3.63, 3.8) is 0 Å². The van der Waals surface area contributed by atoms with E-state index in [-0.39, 0.29) is 93.3 Å². The first-order chi connectivity index (χ1) is 23.1. The summed E-state index contributed by atoms with van der Waals surface area (Å²) in [5.41, 5.74) is -11.2. The Balaban J connectivity index is -0.000000110. The van der Waals surface area contributed by atoms with E-state index in [4.69, 9.17) is 66.4 Å². The molecule has 0 atom stereocenters. The van der Waals surface area contributed by atoms with Crippen molar-refractivity contribution in [1.29, 1.82) is 0 Å². The van der Waals surface area contributed by atoms with Crippen LogP contribution in [0.25, 0.3) is 0 Å². The summed E-state index contributed by atoms with van der Waals surface area (Å²) in [6.07, 6.45) is -9.58. The molecule has 0 aromatic rings. The topological polar surface area (TPSA) is 537 Å². The third-order valence-electron chi connectivity index (χ3n) is 5.11. The van der Waals surface area contributed by atoms with E-state index in [1.807, 2.05) is 0 Å². The van der Waals surface area contributed by atoms with Crippen molar-refractivity contribution < 1.29 is 233 Å². The third kappa shape index (κ3) is 32.6. The summed E-state index contributed by atoms with van der Waals surface area (Å²) < 4.78 is 0. The Morgan fingerprint density at radius 1 is 0.309 bits per heavy atom. The van der Waals surface area contributed by atoms with Crippen molar-refractivity contribution >= 4 is 71.6 Å². The monoisotopic (exact) mass is 1480 g/mol. The second kappa shape index (κ2) is 29.9. The Morgan fingerprint density at radius 3 is 0.527 bits per heavy atom. The van der Waals surface area contributed by atoms with E-state index < -0.39 is 145 Å². The molecule has 0 aliphatic heterocycles. The summed E-state index contributed by atoms with van der Waals surface area (Å²) in [5.74, 6) is -21.0. The number of hydrogen-bond acceptors (Lipinski definition) is 19. The van der Waals surface area contributed by atoms with Crippen molar-refractivity contribution in [2.45, 2.75) is 73.8 Å². The van der Waals surface area contributed by atoms with E-state index >= 15 is 0 Å². The maximum Gasteiger partial charge on any atom is 0.336 e. The molecule has 13 N–H and O–H groups in total. The summed E-state index contributed by atoms with van der Waals surface area (Å²) in [7, 11) is 0. The zero-order chi connectivity index (χ0) is 42.6.